The van der Waals surface area contributed by atoms with E-state index in [1.54, 1.807) is 0 Å². The Bertz CT molecular complexity index is 938. The summed E-state index contributed by atoms with van der Waals surface area (Å²) in [5.41, 5.74) is 3.35. The Kier molecular flexibility index (Phi) is 5.48. The van der Waals surface area contributed by atoms with E-state index in [9.17, 15) is 4.79 Å². The third-order valence-electron chi connectivity index (χ3n) is 5.04. The van der Waals surface area contributed by atoms with E-state index in [0.717, 1.165) is 31.5 Å². The molecule has 144 valence electrons. The lowest BCUT2D eigenvalue weighted by molar-refractivity contribution is -0.125. The molecular formula is C22H24N4O2. The SMILES string of the molecule is Cc1cccc(CN2CCCC2C(=O)NCc2nnc(-c3ccccc3)o2)c1. The van der Waals surface area contributed by atoms with Crippen molar-refractivity contribution in [3.63, 3.8) is 0 Å². The Balaban J connectivity index is 1.35. The predicted octanol–water partition coefficient (Wildman–Crippen LogP) is 3.33. The summed E-state index contributed by atoms with van der Waals surface area (Å²) in [5, 5.41) is 11.1. The highest BCUT2D eigenvalue weighted by molar-refractivity contribution is 5.81. The summed E-state index contributed by atoms with van der Waals surface area (Å²) in [5.74, 6) is 0.895. The van der Waals surface area contributed by atoms with Crippen LogP contribution in [0.25, 0.3) is 11.5 Å². The maximum atomic E-state index is 12.7. The molecule has 1 atom stereocenters. The summed E-state index contributed by atoms with van der Waals surface area (Å²) < 4.78 is 5.67. The van der Waals surface area contributed by atoms with Gasteiger partial charge in [0, 0.05) is 12.1 Å². The van der Waals surface area contributed by atoms with Gasteiger partial charge in [-0.15, -0.1) is 10.2 Å². The Hall–Kier alpha value is -2.99. The minimum atomic E-state index is -0.114. The molecule has 1 N–H and O–H groups in total. The first kappa shape index (κ1) is 18.4. The molecule has 0 bridgehead atoms. The van der Waals surface area contributed by atoms with Crippen LogP contribution in [0.2, 0.25) is 0 Å². The number of hydrogen-bond acceptors (Lipinski definition) is 5. The second-order valence-electron chi connectivity index (χ2n) is 7.20. The van der Waals surface area contributed by atoms with Gasteiger partial charge in [-0.3, -0.25) is 9.69 Å². The smallest absolute Gasteiger partial charge is 0.247 e. The lowest BCUT2D eigenvalue weighted by Gasteiger charge is -2.23. The van der Waals surface area contributed by atoms with Crippen LogP contribution in [-0.2, 0) is 17.9 Å². The maximum absolute atomic E-state index is 12.7. The van der Waals surface area contributed by atoms with Gasteiger partial charge in [-0.25, -0.2) is 0 Å². The molecule has 1 aliphatic heterocycles. The molecule has 6 heteroatoms. The van der Waals surface area contributed by atoms with E-state index in [4.69, 9.17) is 4.42 Å². The molecule has 0 radical (unpaired) electrons. The molecule has 1 aliphatic rings. The van der Waals surface area contributed by atoms with Crippen LogP contribution in [0.5, 0.6) is 0 Å². The molecule has 1 saturated heterocycles. The first-order chi connectivity index (χ1) is 13.7. The Morgan fingerprint density at radius 1 is 1.18 bits per heavy atom. The number of likely N-dealkylation sites (tertiary alicyclic amines) is 1. The molecule has 2 heterocycles. The van der Waals surface area contributed by atoms with Crippen LogP contribution in [-0.4, -0.2) is 33.6 Å². The molecule has 4 rings (SSSR count). The van der Waals surface area contributed by atoms with Crippen LogP contribution in [0, 0.1) is 6.92 Å². The van der Waals surface area contributed by atoms with Gasteiger partial charge in [0.05, 0.1) is 12.6 Å². The van der Waals surface area contributed by atoms with Crippen molar-refractivity contribution < 1.29 is 9.21 Å². The van der Waals surface area contributed by atoms with Gasteiger partial charge in [0.25, 0.3) is 0 Å². The number of hydrogen-bond donors (Lipinski definition) is 1. The zero-order valence-corrected chi connectivity index (χ0v) is 16.0. The topological polar surface area (TPSA) is 71.3 Å². The molecule has 1 aromatic heterocycles. The number of aryl methyl sites for hydroxylation is 1. The van der Waals surface area contributed by atoms with E-state index in [0.29, 0.717) is 11.8 Å². The van der Waals surface area contributed by atoms with E-state index < -0.39 is 0 Å². The van der Waals surface area contributed by atoms with Crippen molar-refractivity contribution in [3.05, 3.63) is 71.6 Å². The Morgan fingerprint density at radius 3 is 2.86 bits per heavy atom. The molecule has 0 aliphatic carbocycles. The van der Waals surface area contributed by atoms with Gasteiger partial charge >= 0.3 is 0 Å². The molecule has 0 saturated carbocycles. The number of rotatable bonds is 6. The minimum Gasteiger partial charge on any atom is -0.419 e. The van der Waals surface area contributed by atoms with Crippen molar-refractivity contribution in [1.29, 1.82) is 0 Å². The van der Waals surface area contributed by atoms with E-state index in [1.807, 2.05) is 30.3 Å². The number of nitrogens with zero attached hydrogens (tertiary/aromatic N) is 3. The normalized spacial score (nSPS) is 17.0. The summed E-state index contributed by atoms with van der Waals surface area (Å²) in [7, 11) is 0. The molecular weight excluding hydrogens is 352 g/mol. The Morgan fingerprint density at radius 2 is 2.04 bits per heavy atom. The summed E-state index contributed by atoms with van der Waals surface area (Å²) >= 11 is 0. The van der Waals surface area contributed by atoms with Gasteiger partial charge in [0.2, 0.25) is 17.7 Å². The molecule has 1 fully saturated rings. The summed E-state index contributed by atoms with van der Waals surface area (Å²) in [6.07, 6.45) is 1.90. The summed E-state index contributed by atoms with van der Waals surface area (Å²) in [6.45, 7) is 4.06. The fourth-order valence-electron chi connectivity index (χ4n) is 3.66. The third kappa shape index (κ3) is 4.28. The lowest BCUT2D eigenvalue weighted by Crippen LogP contribution is -2.42. The average Bonchev–Trinajstić information content (AvgIpc) is 3.36. The second-order valence-corrected chi connectivity index (χ2v) is 7.20. The van der Waals surface area contributed by atoms with Crippen LogP contribution in [0.1, 0.15) is 29.9 Å². The molecule has 3 aromatic rings. The fourth-order valence-corrected chi connectivity index (χ4v) is 3.66. The van der Waals surface area contributed by atoms with Gasteiger partial charge in [-0.2, -0.15) is 0 Å². The van der Waals surface area contributed by atoms with Crippen molar-refractivity contribution in [2.45, 2.75) is 38.9 Å². The molecule has 2 aromatic carbocycles. The van der Waals surface area contributed by atoms with E-state index in [1.165, 1.54) is 11.1 Å². The van der Waals surface area contributed by atoms with Gasteiger partial charge in [0.15, 0.2) is 0 Å². The quantitative estimate of drug-likeness (QED) is 0.715. The number of nitrogens with one attached hydrogen (secondary N) is 1. The van der Waals surface area contributed by atoms with Crippen LogP contribution in [0.15, 0.2) is 59.0 Å². The number of carbonyl (C=O) groups is 1. The summed E-state index contributed by atoms with van der Waals surface area (Å²) in [6, 6.07) is 17.9. The second kappa shape index (κ2) is 8.35. The average molecular weight is 376 g/mol. The number of amides is 1. The maximum Gasteiger partial charge on any atom is 0.247 e. The van der Waals surface area contributed by atoms with E-state index in [-0.39, 0.29) is 18.5 Å². The predicted molar refractivity (Wildman–Crippen MR) is 106 cm³/mol. The molecule has 0 spiro atoms. The first-order valence-corrected chi connectivity index (χ1v) is 9.64. The minimum absolute atomic E-state index is 0.0182. The van der Waals surface area contributed by atoms with Crippen molar-refractivity contribution in [2.75, 3.05) is 6.54 Å². The van der Waals surface area contributed by atoms with Crippen molar-refractivity contribution >= 4 is 5.91 Å². The molecule has 1 unspecified atom stereocenters. The van der Waals surface area contributed by atoms with Crippen LogP contribution in [0.4, 0.5) is 0 Å². The van der Waals surface area contributed by atoms with Gasteiger partial charge in [0.1, 0.15) is 0 Å². The van der Waals surface area contributed by atoms with Gasteiger partial charge in [-0.05, 0) is 44.0 Å². The van der Waals surface area contributed by atoms with Crippen LogP contribution < -0.4 is 5.32 Å². The largest absolute Gasteiger partial charge is 0.419 e. The number of carbonyl (C=O) groups excluding carboxylic acids is 1. The highest BCUT2D eigenvalue weighted by atomic mass is 16.4. The van der Waals surface area contributed by atoms with Gasteiger partial charge < -0.3 is 9.73 Å². The lowest BCUT2D eigenvalue weighted by atomic mass is 10.1. The fraction of sp³-hybridized carbons (Fsp3) is 0.318. The number of aromatic nitrogens is 2. The van der Waals surface area contributed by atoms with Crippen molar-refractivity contribution in [1.82, 2.24) is 20.4 Å². The molecule has 1 amide bonds. The zero-order valence-electron chi connectivity index (χ0n) is 16.0. The Labute approximate surface area is 164 Å². The van der Waals surface area contributed by atoms with Crippen molar-refractivity contribution in [2.24, 2.45) is 0 Å². The molecule has 28 heavy (non-hydrogen) atoms. The summed E-state index contributed by atoms with van der Waals surface area (Å²) in [4.78, 5) is 15.0. The van der Waals surface area contributed by atoms with E-state index >= 15 is 0 Å². The van der Waals surface area contributed by atoms with Crippen molar-refractivity contribution in [3.8, 4) is 11.5 Å². The van der Waals surface area contributed by atoms with Crippen LogP contribution >= 0.6 is 0 Å². The molecule has 6 nitrogen and oxygen atoms in total. The van der Waals surface area contributed by atoms with Gasteiger partial charge in [-0.1, -0.05) is 48.0 Å². The highest BCUT2D eigenvalue weighted by Crippen LogP contribution is 2.21. The first-order valence-electron chi connectivity index (χ1n) is 9.64. The standard InChI is InChI=1S/C22H24N4O2/c1-16-7-5-8-17(13-16)15-26-12-6-11-19(26)21(27)23-14-20-24-25-22(28-20)18-9-3-2-4-10-18/h2-5,7-10,13,19H,6,11-12,14-15H2,1H3,(H,23,27). The van der Waals surface area contributed by atoms with E-state index in [2.05, 4.69) is 51.6 Å². The third-order valence-corrected chi connectivity index (χ3v) is 5.04. The highest BCUT2D eigenvalue weighted by Gasteiger charge is 2.30. The monoisotopic (exact) mass is 376 g/mol. The zero-order chi connectivity index (χ0) is 19.3. The van der Waals surface area contributed by atoms with Crippen LogP contribution in [0.3, 0.4) is 0 Å². The number of benzene rings is 2.